The van der Waals surface area contributed by atoms with E-state index < -0.39 is 0 Å². The monoisotopic (exact) mass is 242 g/mol. The fourth-order valence-corrected chi connectivity index (χ4v) is 2.71. The van der Waals surface area contributed by atoms with Crippen LogP contribution in [0.15, 0.2) is 0 Å². The summed E-state index contributed by atoms with van der Waals surface area (Å²) in [5, 5.41) is 3.55. The van der Waals surface area contributed by atoms with Gasteiger partial charge in [0.2, 0.25) is 0 Å². The molecule has 1 fully saturated rings. The molecule has 0 radical (unpaired) electrons. The maximum Gasteiger partial charge on any atom is 0.0698 e. The van der Waals surface area contributed by atoms with Gasteiger partial charge in [-0.2, -0.15) is 0 Å². The van der Waals surface area contributed by atoms with E-state index in [1.807, 2.05) is 7.11 Å². The Kier molecular flexibility index (Phi) is 7.82. The molecule has 0 spiro atoms. The van der Waals surface area contributed by atoms with Gasteiger partial charge in [0.1, 0.15) is 0 Å². The lowest BCUT2D eigenvalue weighted by Crippen LogP contribution is -2.40. The molecule has 17 heavy (non-hydrogen) atoms. The summed E-state index contributed by atoms with van der Waals surface area (Å²) in [6.45, 7) is 9.19. The Labute approximate surface area is 107 Å². The number of nitrogens with one attached hydrogen (secondary N) is 1. The Balaban J connectivity index is 2.12. The van der Waals surface area contributed by atoms with Crippen molar-refractivity contribution in [1.29, 1.82) is 0 Å². The number of nitrogens with zero attached hydrogens (tertiary/aromatic N) is 1. The number of rotatable bonds is 8. The van der Waals surface area contributed by atoms with Crippen molar-refractivity contribution in [3.8, 4) is 0 Å². The van der Waals surface area contributed by atoms with Crippen molar-refractivity contribution >= 4 is 0 Å². The zero-order valence-electron chi connectivity index (χ0n) is 11.9. The van der Waals surface area contributed by atoms with Crippen molar-refractivity contribution < 1.29 is 4.74 Å². The summed E-state index contributed by atoms with van der Waals surface area (Å²) in [5.74, 6) is 0. The van der Waals surface area contributed by atoms with Crippen LogP contribution < -0.4 is 5.32 Å². The summed E-state index contributed by atoms with van der Waals surface area (Å²) < 4.78 is 5.45. The molecule has 1 aliphatic heterocycles. The molecule has 3 nitrogen and oxygen atoms in total. The van der Waals surface area contributed by atoms with E-state index in [2.05, 4.69) is 24.1 Å². The molecule has 0 aromatic heterocycles. The van der Waals surface area contributed by atoms with Crippen molar-refractivity contribution in [3.05, 3.63) is 0 Å². The molecule has 0 aliphatic carbocycles. The largest absolute Gasteiger partial charge is 0.380 e. The summed E-state index contributed by atoms with van der Waals surface area (Å²) in [4.78, 5) is 2.57. The first kappa shape index (κ1) is 14.9. The Hall–Kier alpha value is -0.120. The minimum Gasteiger partial charge on any atom is -0.380 e. The Morgan fingerprint density at radius 3 is 2.88 bits per heavy atom. The van der Waals surface area contributed by atoms with E-state index in [4.69, 9.17) is 4.74 Å². The van der Waals surface area contributed by atoms with Gasteiger partial charge in [-0.15, -0.1) is 0 Å². The second-order valence-electron chi connectivity index (χ2n) is 5.11. The molecule has 0 aromatic carbocycles. The number of hydrogen-bond donors (Lipinski definition) is 1. The topological polar surface area (TPSA) is 24.5 Å². The standard InChI is InChI=1S/C14H30N2O/c1-4-13(15-5-2)8-6-10-16-11-7-9-14(12-16)17-3/h13-15H,4-12H2,1-3H3. The Morgan fingerprint density at radius 1 is 1.41 bits per heavy atom. The van der Waals surface area contributed by atoms with Crippen LogP contribution >= 0.6 is 0 Å². The fourth-order valence-electron chi connectivity index (χ4n) is 2.71. The third kappa shape index (κ3) is 5.84. The minimum absolute atomic E-state index is 0.472. The van der Waals surface area contributed by atoms with Gasteiger partial charge >= 0.3 is 0 Å². The molecule has 0 saturated carbocycles. The molecule has 0 aromatic rings. The zero-order chi connectivity index (χ0) is 12.5. The molecule has 2 atom stereocenters. The predicted octanol–water partition coefficient (Wildman–Crippen LogP) is 2.27. The molecule has 0 bridgehead atoms. The van der Waals surface area contributed by atoms with Crippen LogP contribution in [0.5, 0.6) is 0 Å². The van der Waals surface area contributed by atoms with Crippen molar-refractivity contribution in [1.82, 2.24) is 10.2 Å². The Morgan fingerprint density at radius 2 is 2.24 bits per heavy atom. The third-order valence-corrected chi connectivity index (χ3v) is 3.81. The summed E-state index contributed by atoms with van der Waals surface area (Å²) in [6.07, 6.45) is 6.86. The molecule has 1 aliphatic rings. The normalized spacial score (nSPS) is 23.8. The van der Waals surface area contributed by atoms with Gasteiger partial charge in [-0.3, -0.25) is 0 Å². The first-order valence-corrected chi connectivity index (χ1v) is 7.28. The van der Waals surface area contributed by atoms with Crippen LogP contribution in [0.4, 0.5) is 0 Å². The van der Waals surface area contributed by atoms with E-state index in [1.54, 1.807) is 0 Å². The van der Waals surface area contributed by atoms with E-state index in [1.165, 1.54) is 45.2 Å². The van der Waals surface area contributed by atoms with Crippen LogP contribution in [0.1, 0.15) is 46.0 Å². The number of methoxy groups -OCH3 is 1. The Bertz CT molecular complexity index is 187. The van der Waals surface area contributed by atoms with Crippen LogP contribution in [-0.4, -0.2) is 50.3 Å². The van der Waals surface area contributed by atoms with Gasteiger partial charge in [0.05, 0.1) is 6.10 Å². The quantitative estimate of drug-likeness (QED) is 0.706. The fraction of sp³-hybridized carbons (Fsp3) is 1.00. The molecule has 1 N–H and O–H groups in total. The summed E-state index contributed by atoms with van der Waals surface area (Å²) in [7, 11) is 1.84. The van der Waals surface area contributed by atoms with Crippen LogP contribution in [0.2, 0.25) is 0 Å². The van der Waals surface area contributed by atoms with Crippen LogP contribution in [-0.2, 0) is 4.74 Å². The SMILES string of the molecule is CCNC(CC)CCCN1CCCC(OC)C1. The maximum absolute atomic E-state index is 5.45. The van der Waals surface area contributed by atoms with Crippen molar-refractivity contribution in [2.45, 2.75) is 58.1 Å². The van der Waals surface area contributed by atoms with Gasteiger partial charge in [-0.25, -0.2) is 0 Å². The van der Waals surface area contributed by atoms with Gasteiger partial charge in [0, 0.05) is 19.7 Å². The van der Waals surface area contributed by atoms with Crippen molar-refractivity contribution in [3.63, 3.8) is 0 Å². The van der Waals surface area contributed by atoms with Gasteiger partial charge < -0.3 is 15.0 Å². The average Bonchev–Trinajstić information content (AvgIpc) is 2.38. The molecular weight excluding hydrogens is 212 g/mol. The number of piperidine rings is 1. The highest BCUT2D eigenvalue weighted by atomic mass is 16.5. The maximum atomic E-state index is 5.45. The highest BCUT2D eigenvalue weighted by molar-refractivity contribution is 4.73. The van der Waals surface area contributed by atoms with Crippen LogP contribution in [0, 0.1) is 0 Å². The van der Waals surface area contributed by atoms with E-state index >= 15 is 0 Å². The molecule has 3 heteroatoms. The highest BCUT2D eigenvalue weighted by Crippen LogP contribution is 2.13. The summed E-state index contributed by atoms with van der Waals surface area (Å²) in [6, 6.07) is 0.711. The number of likely N-dealkylation sites (tertiary alicyclic amines) is 1. The number of ether oxygens (including phenoxy) is 1. The van der Waals surface area contributed by atoms with Crippen molar-refractivity contribution in [2.75, 3.05) is 33.3 Å². The lowest BCUT2D eigenvalue weighted by atomic mass is 10.1. The lowest BCUT2D eigenvalue weighted by molar-refractivity contribution is 0.0307. The molecule has 1 rings (SSSR count). The van der Waals surface area contributed by atoms with E-state index in [0.717, 1.165) is 13.1 Å². The van der Waals surface area contributed by atoms with Crippen LogP contribution in [0.3, 0.4) is 0 Å². The molecule has 102 valence electrons. The smallest absolute Gasteiger partial charge is 0.0698 e. The second kappa shape index (κ2) is 8.90. The lowest BCUT2D eigenvalue weighted by Gasteiger charge is -2.32. The molecule has 0 amide bonds. The molecule has 1 heterocycles. The predicted molar refractivity (Wildman–Crippen MR) is 73.5 cm³/mol. The summed E-state index contributed by atoms with van der Waals surface area (Å²) >= 11 is 0. The van der Waals surface area contributed by atoms with Crippen molar-refractivity contribution in [2.24, 2.45) is 0 Å². The second-order valence-corrected chi connectivity index (χ2v) is 5.11. The van der Waals surface area contributed by atoms with Gasteiger partial charge in [0.15, 0.2) is 0 Å². The molecule has 2 unspecified atom stereocenters. The first-order chi connectivity index (χ1) is 8.30. The zero-order valence-corrected chi connectivity index (χ0v) is 11.9. The average molecular weight is 242 g/mol. The van der Waals surface area contributed by atoms with Gasteiger partial charge in [-0.1, -0.05) is 13.8 Å². The van der Waals surface area contributed by atoms with E-state index in [9.17, 15) is 0 Å². The van der Waals surface area contributed by atoms with Crippen LogP contribution in [0.25, 0.3) is 0 Å². The third-order valence-electron chi connectivity index (χ3n) is 3.81. The van der Waals surface area contributed by atoms with E-state index in [-0.39, 0.29) is 0 Å². The molecular formula is C14H30N2O. The van der Waals surface area contributed by atoms with Gasteiger partial charge in [0.25, 0.3) is 0 Å². The molecule has 1 saturated heterocycles. The summed E-state index contributed by atoms with van der Waals surface area (Å²) in [5.41, 5.74) is 0. The van der Waals surface area contributed by atoms with E-state index in [0.29, 0.717) is 12.1 Å². The first-order valence-electron chi connectivity index (χ1n) is 7.28. The highest BCUT2D eigenvalue weighted by Gasteiger charge is 2.18. The number of hydrogen-bond acceptors (Lipinski definition) is 3. The minimum atomic E-state index is 0.472. The van der Waals surface area contributed by atoms with Gasteiger partial charge in [-0.05, 0) is 51.7 Å².